The van der Waals surface area contributed by atoms with Crippen molar-refractivity contribution in [3.8, 4) is 5.69 Å². The summed E-state index contributed by atoms with van der Waals surface area (Å²) in [6.45, 7) is 3.42. The van der Waals surface area contributed by atoms with Crippen LogP contribution in [0.2, 0.25) is 0 Å². The number of nitrogens with one attached hydrogen (secondary N) is 1. The highest BCUT2D eigenvalue weighted by molar-refractivity contribution is 5.91. The molecule has 0 bridgehead atoms. The second-order valence-electron chi connectivity index (χ2n) is 4.56. The van der Waals surface area contributed by atoms with Crippen LogP contribution in [-0.2, 0) is 4.79 Å². The number of para-hydroxylation sites is 2. The van der Waals surface area contributed by atoms with Crippen LogP contribution in [0.25, 0.3) is 16.7 Å². The Balaban J connectivity index is 2.26. The molecule has 2 heterocycles. The van der Waals surface area contributed by atoms with Crippen molar-refractivity contribution >= 4 is 22.6 Å². The summed E-state index contributed by atoms with van der Waals surface area (Å²) in [5, 5.41) is 2.80. The minimum Gasteiger partial charge on any atom is -0.323 e. The molecule has 3 rings (SSSR count). The highest BCUT2D eigenvalue weighted by atomic mass is 16.1. The van der Waals surface area contributed by atoms with E-state index >= 15 is 0 Å². The summed E-state index contributed by atoms with van der Waals surface area (Å²) in [7, 11) is 0. The number of aryl methyl sites for hydroxylation is 1. The summed E-state index contributed by atoms with van der Waals surface area (Å²) >= 11 is 0. The molecule has 0 atom stereocenters. The maximum absolute atomic E-state index is 11.3. The molecular formula is C15H14N4O. The summed E-state index contributed by atoms with van der Waals surface area (Å²) in [6.07, 6.45) is 3.35. The average molecular weight is 266 g/mol. The lowest BCUT2D eigenvalue weighted by atomic mass is 10.3. The highest BCUT2D eigenvalue weighted by Crippen LogP contribution is 2.25. The number of anilines is 1. The first-order chi connectivity index (χ1) is 9.66. The number of hydrogen-bond acceptors (Lipinski definition) is 3. The van der Waals surface area contributed by atoms with Crippen molar-refractivity contribution in [2.24, 2.45) is 0 Å². The number of carbonyl (C=O) groups is 1. The lowest BCUT2D eigenvalue weighted by Crippen LogP contribution is -2.10. The molecule has 5 heteroatoms. The van der Waals surface area contributed by atoms with Crippen molar-refractivity contribution in [1.29, 1.82) is 0 Å². The number of pyridine rings is 1. The molecule has 0 aliphatic heterocycles. The number of nitrogens with zero attached hydrogens (tertiary/aromatic N) is 3. The topological polar surface area (TPSA) is 59.8 Å². The van der Waals surface area contributed by atoms with Gasteiger partial charge in [0.05, 0.1) is 28.6 Å². The molecule has 2 aromatic heterocycles. The Morgan fingerprint density at radius 1 is 1.25 bits per heavy atom. The minimum atomic E-state index is -0.124. The zero-order valence-electron chi connectivity index (χ0n) is 11.3. The van der Waals surface area contributed by atoms with Crippen LogP contribution in [0.5, 0.6) is 0 Å². The maximum atomic E-state index is 11.3. The third kappa shape index (κ3) is 2.03. The van der Waals surface area contributed by atoms with Gasteiger partial charge in [-0.2, -0.15) is 0 Å². The average Bonchev–Trinajstić information content (AvgIpc) is 2.75. The van der Waals surface area contributed by atoms with Crippen LogP contribution in [-0.4, -0.2) is 20.4 Å². The van der Waals surface area contributed by atoms with Crippen molar-refractivity contribution in [2.75, 3.05) is 5.32 Å². The van der Waals surface area contributed by atoms with Gasteiger partial charge in [-0.1, -0.05) is 12.1 Å². The zero-order valence-corrected chi connectivity index (χ0v) is 11.3. The fourth-order valence-corrected chi connectivity index (χ4v) is 2.32. The van der Waals surface area contributed by atoms with Crippen LogP contribution in [0.1, 0.15) is 12.7 Å². The van der Waals surface area contributed by atoms with Crippen molar-refractivity contribution < 1.29 is 4.79 Å². The number of amides is 1. The van der Waals surface area contributed by atoms with Gasteiger partial charge in [-0.3, -0.25) is 14.3 Å². The van der Waals surface area contributed by atoms with Gasteiger partial charge in [0.25, 0.3) is 0 Å². The Hall–Kier alpha value is -2.69. The minimum absolute atomic E-state index is 0.124. The van der Waals surface area contributed by atoms with Gasteiger partial charge in [-0.15, -0.1) is 0 Å². The number of aromatic nitrogens is 3. The summed E-state index contributed by atoms with van der Waals surface area (Å²) in [6, 6.07) is 9.78. The molecule has 0 spiro atoms. The van der Waals surface area contributed by atoms with Crippen LogP contribution in [0.15, 0.2) is 42.7 Å². The lowest BCUT2D eigenvalue weighted by molar-refractivity contribution is -0.114. The van der Waals surface area contributed by atoms with Gasteiger partial charge in [0.1, 0.15) is 5.82 Å². The smallest absolute Gasteiger partial charge is 0.221 e. The summed E-state index contributed by atoms with van der Waals surface area (Å²) in [5.41, 5.74) is 3.46. The molecule has 0 saturated carbocycles. The first-order valence-corrected chi connectivity index (χ1v) is 6.33. The molecule has 5 nitrogen and oxygen atoms in total. The Morgan fingerprint density at radius 3 is 2.85 bits per heavy atom. The number of benzene rings is 1. The van der Waals surface area contributed by atoms with Gasteiger partial charge in [-0.05, 0) is 25.1 Å². The number of fused-ring (bicyclic) bond motifs is 1. The van der Waals surface area contributed by atoms with Gasteiger partial charge in [-0.25, -0.2) is 4.98 Å². The number of carbonyl (C=O) groups excluding carboxylic acids is 1. The molecule has 0 aliphatic rings. The molecule has 0 fully saturated rings. The molecule has 1 amide bonds. The summed E-state index contributed by atoms with van der Waals surface area (Å²) in [4.78, 5) is 19.9. The zero-order chi connectivity index (χ0) is 14.1. The van der Waals surface area contributed by atoms with Crippen molar-refractivity contribution in [1.82, 2.24) is 14.5 Å². The standard InChI is InChI=1S/C15H14N4O/c1-10-17-12-5-3-4-6-14(12)19(10)15-7-8-16-9-13(15)18-11(2)20/h3-9H,1-2H3,(H,18,20). The van der Waals surface area contributed by atoms with Gasteiger partial charge < -0.3 is 5.32 Å². The highest BCUT2D eigenvalue weighted by Gasteiger charge is 2.12. The molecular weight excluding hydrogens is 252 g/mol. The first-order valence-electron chi connectivity index (χ1n) is 6.33. The van der Waals surface area contributed by atoms with Crippen LogP contribution in [0, 0.1) is 6.92 Å². The summed E-state index contributed by atoms with van der Waals surface area (Å²) < 4.78 is 2.02. The largest absolute Gasteiger partial charge is 0.323 e. The van der Waals surface area contributed by atoms with Crippen LogP contribution < -0.4 is 5.32 Å². The van der Waals surface area contributed by atoms with E-state index in [0.717, 1.165) is 22.5 Å². The van der Waals surface area contributed by atoms with Gasteiger partial charge in [0, 0.05) is 13.1 Å². The van der Waals surface area contributed by atoms with Gasteiger partial charge >= 0.3 is 0 Å². The molecule has 0 unspecified atom stereocenters. The monoisotopic (exact) mass is 266 g/mol. The van der Waals surface area contributed by atoms with E-state index in [-0.39, 0.29) is 5.91 Å². The Labute approximate surface area is 116 Å². The number of imidazole rings is 1. The van der Waals surface area contributed by atoms with Gasteiger partial charge in [0.2, 0.25) is 5.91 Å². The maximum Gasteiger partial charge on any atom is 0.221 e. The predicted octanol–water partition coefficient (Wildman–Crippen LogP) is 2.69. The van der Waals surface area contributed by atoms with Crippen LogP contribution >= 0.6 is 0 Å². The van der Waals surface area contributed by atoms with Gasteiger partial charge in [0.15, 0.2) is 0 Å². The van der Waals surface area contributed by atoms with Crippen molar-refractivity contribution in [3.05, 3.63) is 48.5 Å². The molecule has 0 saturated heterocycles. The fraction of sp³-hybridized carbons (Fsp3) is 0.133. The quantitative estimate of drug-likeness (QED) is 0.775. The van der Waals surface area contributed by atoms with E-state index < -0.39 is 0 Å². The van der Waals surface area contributed by atoms with E-state index in [1.54, 1.807) is 12.4 Å². The van der Waals surface area contributed by atoms with E-state index in [1.165, 1.54) is 6.92 Å². The fourth-order valence-electron chi connectivity index (χ4n) is 2.32. The van der Waals surface area contributed by atoms with Crippen LogP contribution in [0.4, 0.5) is 5.69 Å². The number of hydrogen-bond donors (Lipinski definition) is 1. The lowest BCUT2D eigenvalue weighted by Gasteiger charge is -2.12. The first kappa shape index (κ1) is 12.3. The Bertz CT molecular complexity index is 791. The normalized spacial score (nSPS) is 10.7. The Morgan fingerprint density at radius 2 is 2.05 bits per heavy atom. The van der Waals surface area contributed by atoms with E-state index in [9.17, 15) is 4.79 Å². The molecule has 1 aromatic carbocycles. The molecule has 1 N–H and O–H groups in total. The van der Waals surface area contributed by atoms with Crippen molar-refractivity contribution in [3.63, 3.8) is 0 Å². The third-order valence-corrected chi connectivity index (χ3v) is 3.08. The molecule has 0 radical (unpaired) electrons. The summed E-state index contributed by atoms with van der Waals surface area (Å²) in [5.74, 6) is 0.741. The number of rotatable bonds is 2. The molecule has 0 aliphatic carbocycles. The SMILES string of the molecule is CC(=O)Nc1cnccc1-n1c(C)nc2ccccc21. The van der Waals surface area contributed by atoms with E-state index in [1.807, 2.05) is 41.8 Å². The second kappa shape index (κ2) is 4.77. The molecule has 3 aromatic rings. The second-order valence-corrected chi connectivity index (χ2v) is 4.56. The van der Waals surface area contributed by atoms with Crippen LogP contribution in [0.3, 0.4) is 0 Å². The van der Waals surface area contributed by atoms with E-state index in [0.29, 0.717) is 5.69 Å². The predicted molar refractivity (Wildman–Crippen MR) is 77.9 cm³/mol. The van der Waals surface area contributed by atoms with E-state index in [2.05, 4.69) is 15.3 Å². The van der Waals surface area contributed by atoms with Crippen molar-refractivity contribution in [2.45, 2.75) is 13.8 Å². The Kier molecular flexibility index (Phi) is 2.95. The molecule has 100 valence electrons. The molecule has 20 heavy (non-hydrogen) atoms. The van der Waals surface area contributed by atoms with E-state index in [4.69, 9.17) is 0 Å². The third-order valence-electron chi connectivity index (χ3n) is 3.08.